The molecule has 0 saturated heterocycles. The quantitative estimate of drug-likeness (QED) is 0.336. The summed E-state index contributed by atoms with van der Waals surface area (Å²) in [7, 11) is 1.39. The van der Waals surface area contributed by atoms with Gasteiger partial charge in [-0.15, -0.1) is 0 Å². The normalized spacial score (nSPS) is 11.1. The fourth-order valence-corrected chi connectivity index (χ4v) is 2.86. The topological polar surface area (TPSA) is 74.5 Å². The van der Waals surface area contributed by atoms with Gasteiger partial charge in [-0.25, -0.2) is 0 Å². The Morgan fingerprint density at radius 1 is 1.10 bits per heavy atom. The number of nitrogens with zero attached hydrogens (tertiary/aromatic N) is 2. The van der Waals surface area contributed by atoms with Crippen LogP contribution in [0, 0.1) is 10.1 Å². The summed E-state index contributed by atoms with van der Waals surface area (Å²) >= 11 is 0. The Hall–Kier alpha value is -3.88. The molecular weight excluding hydrogens is 413 g/mol. The first-order chi connectivity index (χ1) is 14.7. The van der Waals surface area contributed by atoms with E-state index in [1.807, 2.05) is 12.1 Å². The van der Waals surface area contributed by atoms with Crippen molar-refractivity contribution in [2.24, 2.45) is 0 Å². The maximum atomic E-state index is 12.9. The van der Waals surface area contributed by atoms with Crippen molar-refractivity contribution in [1.29, 1.82) is 0 Å². The number of halogens is 3. The predicted molar refractivity (Wildman–Crippen MR) is 108 cm³/mol. The van der Waals surface area contributed by atoms with Crippen LogP contribution >= 0.6 is 0 Å². The Morgan fingerprint density at radius 3 is 2.45 bits per heavy atom. The molecule has 0 unspecified atom stereocenters. The van der Waals surface area contributed by atoms with Gasteiger partial charge in [-0.2, -0.15) is 13.2 Å². The molecule has 0 saturated carbocycles. The molecule has 3 rings (SSSR count). The molecule has 1 heterocycles. The number of hydrogen-bond acceptors (Lipinski definition) is 5. The molecule has 0 fully saturated rings. The molecule has 0 bridgehead atoms. The highest BCUT2D eigenvalue weighted by Crippen LogP contribution is 2.40. The molecule has 0 amide bonds. The highest BCUT2D eigenvalue weighted by atomic mass is 19.4. The Morgan fingerprint density at radius 2 is 1.84 bits per heavy atom. The maximum Gasteiger partial charge on any atom is 0.416 e. The Bertz CT molecular complexity index is 1120. The SMILES string of the molecule is C=C(Cc1ccc(Oc2ccc(C(F)(F)F)cc2[N+](=O)[O-])c(OC)c1)c1ccccn1. The zero-order chi connectivity index (χ0) is 22.6. The van der Waals surface area contributed by atoms with Crippen molar-refractivity contribution in [3.63, 3.8) is 0 Å². The van der Waals surface area contributed by atoms with E-state index in [1.165, 1.54) is 13.2 Å². The summed E-state index contributed by atoms with van der Waals surface area (Å²) in [5.74, 6) is 0.0556. The smallest absolute Gasteiger partial charge is 0.416 e. The van der Waals surface area contributed by atoms with E-state index in [1.54, 1.807) is 24.4 Å². The first kappa shape index (κ1) is 21.8. The molecule has 9 heteroatoms. The molecule has 6 nitrogen and oxygen atoms in total. The Balaban J connectivity index is 1.87. The summed E-state index contributed by atoms with van der Waals surface area (Å²) in [5.41, 5.74) is 0.394. The van der Waals surface area contributed by atoms with Gasteiger partial charge >= 0.3 is 11.9 Å². The minimum absolute atomic E-state index is 0.123. The predicted octanol–water partition coefficient (Wildman–Crippen LogP) is 6.07. The van der Waals surface area contributed by atoms with Gasteiger partial charge in [0.15, 0.2) is 11.5 Å². The molecule has 0 atom stereocenters. The van der Waals surface area contributed by atoms with E-state index in [0.29, 0.717) is 12.5 Å². The number of allylic oxidation sites excluding steroid dienone is 1. The first-order valence-corrected chi connectivity index (χ1v) is 8.98. The lowest BCUT2D eigenvalue weighted by Crippen LogP contribution is -2.06. The number of nitro benzene ring substituents is 1. The second kappa shape index (κ2) is 8.86. The first-order valence-electron chi connectivity index (χ1n) is 8.98. The summed E-state index contributed by atoms with van der Waals surface area (Å²) in [6, 6.07) is 12.5. The van der Waals surface area contributed by atoms with E-state index in [4.69, 9.17) is 9.47 Å². The van der Waals surface area contributed by atoms with Gasteiger partial charge in [0, 0.05) is 12.3 Å². The summed E-state index contributed by atoms with van der Waals surface area (Å²) in [5, 5.41) is 11.3. The van der Waals surface area contributed by atoms with E-state index in [9.17, 15) is 23.3 Å². The van der Waals surface area contributed by atoms with Gasteiger partial charge in [-0.3, -0.25) is 15.1 Å². The van der Waals surface area contributed by atoms with Gasteiger partial charge in [-0.05, 0) is 54.0 Å². The van der Waals surface area contributed by atoms with Gasteiger partial charge in [0.1, 0.15) is 0 Å². The maximum absolute atomic E-state index is 12.9. The van der Waals surface area contributed by atoms with Crippen LogP contribution in [-0.2, 0) is 12.6 Å². The van der Waals surface area contributed by atoms with Crippen LogP contribution < -0.4 is 9.47 Å². The van der Waals surface area contributed by atoms with Crippen LogP contribution in [0.1, 0.15) is 16.8 Å². The number of pyridine rings is 1. The van der Waals surface area contributed by atoms with Crippen LogP contribution in [-0.4, -0.2) is 17.0 Å². The van der Waals surface area contributed by atoms with Crippen LogP contribution in [0.15, 0.2) is 67.4 Å². The number of rotatable bonds is 7. The van der Waals surface area contributed by atoms with Gasteiger partial charge in [0.05, 0.1) is 23.3 Å². The summed E-state index contributed by atoms with van der Waals surface area (Å²) in [6.07, 6.45) is -2.58. The van der Waals surface area contributed by atoms with Gasteiger partial charge in [0.2, 0.25) is 5.75 Å². The third-order valence-electron chi connectivity index (χ3n) is 4.38. The molecule has 0 spiro atoms. The molecule has 0 N–H and O–H groups in total. The molecule has 2 aromatic carbocycles. The van der Waals surface area contributed by atoms with Crippen LogP contribution in [0.2, 0.25) is 0 Å². The van der Waals surface area contributed by atoms with E-state index >= 15 is 0 Å². The summed E-state index contributed by atoms with van der Waals surface area (Å²) in [4.78, 5) is 14.6. The van der Waals surface area contributed by atoms with Crippen molar-refractivity contribution < 1.29 is 27.6 Å². The lowest BCUT2D eigenvalue weighted by molar-refractivity contribution is -0.385. The number of benzene rings is 2. The van der Waals surface area contributed by atoms with Crippen LogP contribution in [0.4, 0.5) is 18.9 Å². The van der Waals surface area contributed by atoms with Crippen molar-refractivity contribution in [2.75, 3.05) is 7.11 Å². The minimum Gasteiger partial charge on any atom is -0.493 e. The molecule has 3 aromatic rings. The lowest BCUT2D eigenvalue weighted by Gasteiger charge is -2.14. The number of ether oxygens (including phenoxy) is 2. The zero-order valence-electron chi connectivity index (χ0n) is 16.3. The third kappa shape index (κ3) is 5.19. The largest absolute Gasteiger partial charge is 0.493 e. The van der Waals surface area contributed by atoms with E-state index < -0.39 is 22.4 Å². The molecule has 0 aliphatic carbocycles. The highest BCUT2D eigenvalue weighted by Gasteiger charge is 2.33. The molecule has 0 aliphatic rings. The van der Waals surface area contributed by atoms with Gasteiger partial charge < -0.3 is 9.47 Å². The van der Waals surface area contributed by atoms with Crippen molar-refractivity contribution in [1.82, 2.24) is 4.98 Å². The average molecular weight is 430 g/mol. The summed E-state index contributed by atoms with van der Waals surface area (Å²) < 4.78 is 49.5. The molecule has 160 valence electrons. The second-order valence-electron chi connectivity index (χ2n) is 6.52. The zero-order valence-corrected chi connectivity index (χ0v) is 16.3. The Kier molecular flexibility index (Phi) is 6.24. The van der Waals surface area contributed by atoms with Crippen LogP contribution in [0.5, 0.6) is 17.2 Å². The van der Waals surface area contributed by atoms with Crippen molar-refractivity contribution in [2.45, 2.75) is 12.6 Å². The lowest BCUT2D eigenvalue weighted by atomic mass is 10.0. The van der Waals surface area contributed by atoms with E-state index in [0.717, 1.165) is 29.0 Å². The van der Waals surface area contributed by atoms with E-state index in [2.05, 4.69) is 11.6 Å². The van der Waals surface area contributed by atoms with Crippen LogP contribution in [0.3, 0.4) is 0 Å². The van der Waals surface area contributed by atoms with Gasteiger partial charge in [-0.1, -0.05) is 18.7 Å². The second-order valence-corrected chi connectivity index (χ2v) is 6.52. The highest BCUT2D eigenvalue weighted by molar-refractivity contribution is 5.63. The average Bonchev–Trinajstić information content (AvgIpc) is 2.74. The fraction of sp³-hybridized carbons (Fsp3) is 0.136. The number of nitro groups is 1. The minimum atomic E-state index is -4.71. The van der Waals surface area contributed by atoms with Crippen molar-refractivity contribution in [3.05, 3.63) is 94.3 Å². The van der Waals surface area contributed by atoms with E-state index in [-0.39, 0.29) is 17.2 Å². The molecule has 0 aliphatic heterocycles. The Labute approximate surface area is 175 Å². The number of hydrogen-bond donors (Lipinski definition) is 0. The molecule has 1 aromatic heterocycles. The number of aromatic nitrogens is 1. The fourth-order valence-electron chi connectivity index (χ4n) is 2.86. The number of methoxy groups -OCH3 is 1. The molecular formula is C22H17F3N2O4. The third-order valence-corrected chi connectivity index (χ3v) is 4.38. The van der Waals surface area contributed by atoms with Crippen LogP contribution in [0.25, 0.3) is 5.57 Å². The molecule has 31 heavy (non-hydrogen) atoms. The summed E-state index contributed by atoms with van der Waals surface area (Å²) in [6.45, 7) is 4.02. The van der Waals surface area contributed by atoms with Gasteiger partial charge in [0.25, 0.3) is 0 Å². The molecule has 0 radical (unpaired) electrons. The van der Waals surface area contributed by atoms with Crippen molar-refractivity contribution in [3.8, 4) is 17.2 Å². The number of alkyl halides is 3. The monoisotopic (exact) mass is 430 g/mol. The van der Waals surface area contributed by atoms with Crippen molar-refractivity contribution >= 4 is 11.3 Å². The standard InChI is InChI=1S/C22H17F3N2O4/c1-14(17-5-3-4-10-26-17)11-15-6-8-20(21(12-15)30-2)31-19-9-7-16(22(23,24)25)13-18(19)27(28)29/h3-10,12-13H,1,11H2,2H3.